The molecule has 3 rings (SSSR count). The number of carbonyl (C=O) groups excluding carboxylic acids is 2. The van der Waals surface area contributed by atoms with Crippen molar-refractivity contribution in [2.45, 2.75) is 12.5 Å². The quantitative estimate of drug-likeness (QED) is 0.733. The van der Waals surface area contributed by atoms with E-state index in [-0.39, 0.29) is 30.3 Å². The number of nitrogens with one attached hydrogen (secondary N) is 1. The minimum atomic E-state index is -0.228. The van der Waals surface area contributed by atoms with Gasteiger partial charge in [0.25, 0.3) is 0 Å². The molecule has 2 amide bonds. The lowest BCUT2D eigenvalue weighted by molar-refractivity contribution is -0.123. The van der Waals surface area contributed by atoms with Crippen LogP contribution in [-0.4, -0.2) is 24.4 Å². The third-order valence-electron chi connectivity index (χ3n) is 3.47. The van der Waals surface area contributed by atoms with Gasteiger partial charge in [-0.1, -0.05) is 24.3 Å². The van der Waals surface area contributed by atoms with Crippen molar-refractivity contribution in [2.75, 3.05) is 16.8 Å². The molecular weight excluding hydrogens is 242 g/mol. The van der Waals surface area contributed by atoms with Gasteiger partial charge in [-0.25, -0.2) is 0 Å². The van der Waals surface area contributed by atoms with Gasteiger partial charge in [0.1, 0.15) is 6.54 Å². The second-order valence-corrected chi connectivity index (χ2v) is 4.88. The van der Waals surface area contributed by atoms with Crippen LogP contribution in [0.15, 0.2) is 36.4 Å². The molecule has 1 aliphatic heterocycles. The van der Waals surface area contributed by atoms with Gasteiger partial charge in [-0.05, 0) is 18.6 Å². The third-order valence-corrected chi connectivity index (χ3v) is 3.47. The zero-order valence-corrected chi connectivity index (χ0v) is 10.4. The van der Waals surface area contributed by atoms with Crippen molar-refractivity contribution >= 4 is 23.2 Å². The first-order valence-electron chi connectivity index (χ1n) is 6.29. The predicted octanol–water partition coefficient (Wildman–Crippen LogP) is 0.875. The molecule has 0 spiro atoms. The first-order chi connectivity index (χ1) is 9.15. The number of nitrogens with two attached hydrogens (primary N) is 1. The van der Waals surface area contributed by atoms with E-state index in [0.29, 0.717) is 12.1 Å². The number of para-hydroxylation sites is 2. The number of anilines is 2. The Kier molecular flexibility index (Phi) is 2.83. The SMILES string of the molecule is NC1C=CC(C(=O)N2CC(=O)Nc3ccccc32)C1. The van der Waals surface area contributed by atoms with E-state index in [1.165, 1.54) is 0 Å². The molecule has 1 heterocycles. The molecule has 1 aromatic carbocycles. The molecule has 0 saturated carbocycles. The molecule has 98 valence electrons. The van der Waals surface area contributed by atoms with E-state index in [4.69, 9.17) is 5.73 Å². The molecule has 3 N–H and O–H groups in total. The van der Waals surface area contributed by atoms with Crippen molar-refractivity contribution in [2.24, 2.45) is 11.7 Å². The van der Waals surface area contributed by atoms with Gasteiger partial charge in [-0.15, -0.1) is 0 Å². The van der Waals surface area contributed by atoms with Gasteiger partial charge in [0.15, 0.2) is 0 Å². The Balaban J connectivity index is 1.91. The molecule has 0 saturated heterocycles. The van der Waals surface area contributed by atoms with E-state index >= 15 is 0 Å². The van der Waals surface area contributed by atoms with Crippen LogP contribution in [0, 0.1) is 5.92 Å². The average Bonchev–Trinajstić information content (AvgIpc) is 2.83. The largest absolute Gasteiger partial charge is 0.324 e. The van der Waals surface area contributed by atoms with Crippen LogP contribution in [0.3, 0.4) is 0 Å². The van der Waals surface area contributed by atoms with Crippen molar-refractivity contribution in [3.05, 3.63) is 36.4 Å². The summed E-state index contributed by atoms with van der Waals surface area (Å²) >= 11 is 0. The van der Waals surface area contributed by atoms with Gasteiger partial charge in [0.2, 0.25) is 11.8 Å². The van der Waals surface area contributed by atoms with Crippen LogP contribution in [0.2, 0.25) is 0 Å². The number of carbonyl (C=O) groups is 2. The Bertz CT molecular complexity index is 568. The Morgan fingerprint density at radius 2 is 2.11 bits per heavy atom. The summed E-state index contributed by atoms with van der Waals surface area (Å²) in [6, 6.07) is 7.25. The third kappa shape index (κ3) is 2.13. The van der Waals surface area contributed by atoms with Crippen LogP contribution >= 0.6 is 0 Å². The number of amides is 2. The second kappa shape index (κ2) is 4.51. The van der Waals surface area contributed by atoms with E-state index in [9.17, 15) is 9.59 Å². The predicted molar refractivity (Wildman–Crippen MR) is 72.6 cm³/mol. The number of benzene rings is 1. The number of fused-ring (bicyclic) bond motifs is 1. The van der Waals surface area contributed by atoms with Gasteiger partial charge in [0, 0.05) is 6.04 Å². The fourth-order valence-electron chi connectivity index (χ4n) is 2.54. The Labute approximate surface area is 111 Å². The Morgan fingerprint density at radius 3 is 2.84 bits per heavy atom. The molecule has 5 nitrogen and oxygen atoms in total. The highest BCUT2D eigenvalue weighted by Gasteiger charge is 2.32. The first-order valence-corrected chi connectivity index (χ1v) is 6.29. The molecule has 2 aliphatic rings. The fraction of sp³-hybridized carbons (Fsp3) is 0.286. The van der Waals surface area contributed by atoms with Gasteiger partial charge < -0.3 is 16.0 Å². The Hall–Kier alpha value is -2.14. The molecule has 0 bridgehead atoms. The van der Waals surface area contributed by atoms with Crippen molar-refractivity contribution in [1.82, 2.24) is 0 Å². The van der Waals surface area contributed by atoms with E-state index < -0.39 is 0 Å². The summed E-state index contributed by atoms with van der Waals surface area (Å²) < 4.78 is 0. The molecule has 1 aromatic rings. The van der Waals surface area contributed by atoms with Crippen LogP contribution in [0.5, 0.6) is 0 Å². The van der Waals surface area contributed by atoms with E-state index in [1.54, 1.807) is 11.0 Å². The summed E-state index contributed by atoms with van der Waals surface area (Å²) in [4.78, 5) is 25.7. The summed E-state index contributed by atoms with van der Waals surface area (Å²) in [5.41, 5.74) is 7.21. The van der Waals surface area contributed by atoms with Gasteiger partial charge >= 0.3 is 0 Å². The summed E-state index contributed by atoms with van der Waals surface area (Å²) in [5.74, 6) is -0.459. The standard InChI is InChI=1S/C14H15N3O2/c15-10-6-5-9(7-10)14(19)17-8-13(18)16-11-3-1-2-4-12(11)17/h1-6,9-10H,7-8,15H2,(H,16,18). The van der Waals surface area contributed by atoms with Crippen LogP contribution < -0.4 is 16.0 Å². The molecule has 5 heteroatoms. The van der Waals surface area contributed by atoms with E-state index in [1.807, 2.05) is 30.4 Å². The monoisotopic (exact) mass is 257 g/mol. The van der Waals surface area contributed by atoms with Crippen LogP contribution in [0.25, 0.3) is 0 Å². The van der Waals surface area contributed by atoms with E-state index in [2.05, 4.69) is 5.32 Å². The Morgan fingerprint density at radius 1 is 1.32 bits per heavy atom. The maximum Gasteiger partial charge on any atom is 0.244 e. The highest BCUT2D eigenvalue weighted by atomic mass is 16.2. The first kappa shape index (κ1) is 11.9. The molecule has 0 radical (unpaired) electrons. The van der Waals surface area contributed by atoms with Gasteiger partial charge in [-0.2, -0.15) is 0 Å². The molecule has 0 aromatic heterocycles. The van der Waals surface area contributed by atoms with Crippen LogP contribution in [-0.2, 0) is 9.59 Å². The second-order valence-electron chi connectivity index (χ2n) is 4.88. The molecule has 19 heavy (non-hydrogen) atoms. The smallest absolute Gasteiger partial charge is 0.244 e. The van der Waals surface area contributed by atoms with Crippen LogP contribution in [0.1, 0.15) is 6.42 Å². The highest BCUT2D eigenvalue weighted by Crippen LogP contribution is 2.31. The summed E-state index contributed by atoms with van der Waals surface area (Å²) in [5, 5.41) is 2.77. The maximum absolute atomic E-state index is 12.5. The van der Waals surface area contributed by atoms with Crippen LogP contribution in [0.4, 0.5) is 11.4 Å². The molecule has 2 unspecified atom stereocenters. The summed E-state index contributed by atoms with van der Waals surface area (Å²) in [7, 11) is 0. The fourth-order valence-corrected chi connectivity index (χ4v) is 2.54. The topological polar surface area (TPSA) is 75.4 Å². The highest BCUT2D eigenvalue weighted by molar-refractivity contribution is 6.10. The lowest BCUT2D eigenvalue weighted by Crippen LogP contribution is -2.44. The number of hydrogen-bond donors (Lipinski definition) is 2. The maximum atomic E-state index is 12.5. The molecule has 0 fully saturated rings. The molecule has 1 aliphatic carbocycles. The average molecular weight is 257 g/mol. The number of hydrogen-bond acceptors (Lipinski definition) is 3. The molecular formula is C14H15N3O2. The number of nitrogens with zero attached hydrogens (tertiary/aromatic N) is 1. The zero-order chi connectivity index (χ0) is 13.4. The summed E-state index contributed by atoms with van der Waals surface area (Å²) in [6.07, 6.45) is 4.29. The minimum Gasteiger partial charge on any atom is -0.324 e. The van der Waals surface area contributed by atoms with Gasteiger partial charge in [0.05, 0.1) is 17.3 Å². The van der Waals surface area contributed by atoms with Crippen molar-refractivity contribution in [3.63, 3.8) is 0 Å². The van der Waals surface area contributed by atoms with Crippen molar-refractivity contribution in [1.29, 1.82) is 0 Å². The van der Waals surface area contributed by atoms with Gasteiger partial charge in [-0.3, -0.25) is 9.59 Å². The summed E-state index contributed by atoms with van der Waals surface area (Å²) in [6.45, 7) is 0.0649. The number of rotatable bonds is 1. The normalized spacial score (nSPS) is 25.1. The lowest BCUT2D eigenvalue weighted by atomic mass is 10.0. The lowest BCUT2D eigenvalue weighted by Gasteiger charge is -2.30. The van der Waals surface area contributed by atoms with Crippen molar-refractivity contribution in [3.8, 4) is 0 Å². The minimum absolute atomic E-state index is 0.0634. The zero-order valence-electron chi connectivity index (χ0n) is 10.4. The van der Waals surface area contributed by atoms with Crippen molar-refractivity contribution < 1.29 is 9.59 Å². The van der Waals surface area contributed by atoms with E-state index in [0.717, 1.165) is 5.69 Å². The molecule has 2 atom stereocenters.